The number of carbonyl (C=O) groups excluding carboxylic acids is 1. The van der Waals surface area contributed by atoms with Gasteiger partial charge in [-0.3, -0.25) is 4.79 Å². The fourth-order valence-electron chi connectivity index (χ4n) is 8.86. The molecule has 1 N–H and O–H groups in total. The van der Waals surface area contributed by atoms with Gasteiger partial charge in [0, 0.05) is 6.07 Å². The molecule has 0 spiro atoms. The third kappa shape index (κ3) is 3.53. The first-order valence-electron chi connectivity index (χ1n) is 13.6. The predicted molar refractivity (Wildman–Crippen MR) is 130 cm³/mol. The molecule has 0 aromatic carbocycles. The Balaban J connectivity index is 1.16. The molecular weight excluding hydrogens is 426 g/mol. The summed E-state index contributed by atoms with van der Waals surface area (Å²) in [7, 11) is 0. The highest BCUT2D eigenvalue weighted by molar-refractivity contribution is 5.76. The summed E-state index contributed by atoms with van der Waals surface area (Å²) in [5.74, 6) is 2.45. The van der Waals surface area contributed by atoms with Crippen LogP contribution in [0.2, 0.25) is 0 Å². The van der Waals surface area contributed by atoms with Crippen molar-refractivity contribution < 1.29 is 13.9 Å². The maximum absolute atomic E-state index is 12.6. The number of esters is 1. The number of fused-ring (bicyclic) bond motifs is 5. The van der Waals surface area contributed by atoms with Crippen LogP contribution in [0.15, 0.2) is 39.3 Å². The van der Waals surface area contributed by atoms with Gasteiger partial charge in [-0.1, -0.05) is 25.5 Å². The van der Waals surface area contributed by atoms with Gasteiger partial charge in [-0.25, -0.2) is 4.79 Å². The van der Waals surface area contributed by atoms with E-state index in [0.29, 0.717) is 23.2 Å². The van der Waals surface area contributed by atoms with Gasteiger partial charge in [0.05, 0.1) is 6.26 Å². The molecule has 1 aromatic heterocycles. The molecule has 1 aromatic rings. The van der Waals surface area contributed by atoms with Crippen molar-refractivity contribution in [2.75, 3.05) is 6.54 Å². The number of hydrogen-bond donors (Lipinski definition) is 1. The summed E-state index contributed by atoms with van der Waals surface area (Å²) >= 11 is 0. The van der Waals surface area contributed by atoms with E-state index in [2.05, 4.69) is 25.2 Å². The molecule has 6 rings (SSSR count). The third-order valence-electron chi connectivity index (χ3n) is 10.8. The summed E-state index contributed by atoms with van der Waals surface area (Å²) in [6, 6.07) is 3.47. The lowest BCUT2D eigenvalue weighted by atomic mass is 9.46. The van der Waals surface area contributed by atoms with Crippen LogP contribution in [0.25, 0.3) is 0 Å². The van der Waals surface area contributed by atoms with E-state index in [1.165, 1.54) is 37.7 Å². The van der Waals surface area contributed by atoms with Crippen LogP contribution in [0.4, 0.5) is 0 Å². The van der Waals surface area contributed by atoms with Crippen molar-refractivity contribution in [1.82, 2.24) is 5.32 Å². The Bertz CT molecular complexity index is 1020. The van der Waals surface area contributed by atoms with Crippen molar-refractivity contribution in [3.63, 3.8) is 0 Å². The molecular formula is C29H39NO4. The van der Waals surface area contributed by atoms with E-state index in [-0.39, 0.29) is 29.2 Å². The van der Waals surface area contributed by atoms with Gasteiger partial charge in [0.1, 0.15) is 12.1 Å². The largest absolute Gasteiger partial charge is 0.461 e. The van der Waals surface area contributed by atoms with Gasteiger partial charge in [-0.15, -0.1) is 0 Å². The molecule has 3 saturated carbocycles. The first-order valence-corrected chi connectivity index (χ1v) is 13.6. The summed E-state index contributed by atoms with van der Waals surface area (Å²) in [4.78, 5) is 24.1. The van der Waals surface area contributed by atoms with Crippen molar-refractivity contribution in [3.8, 4) is 0 Å². The normalized spacial score (nSPS) is 43.4. The summed E-state index contributed by atoms with van der Waals surface area (Å²) in [5, 5.41) is 3.29. The summed E-state index contributed by atoms with van der Waals surface area (Å²) in [6.45, 7) is 5.94. The van der Waals surface area contributed by atoms with Gasteiger partial charge in [-0.2, -0.15) is 0 Å². The number of nitrogens with one attached hydrogen (secondary N) is 1. The molecule has 8 unspecified atom stereocenters. The maximum atomic E-state index is 12.6. The van der Waals surface area contributed by atoms with Crippen molar-refractivity contribution in [3.05, 3.63) is 46.0 Å². The van der Waals surface area contributed by atoms with Crippen LogP contribution in [-0.4, -0.2) is 24.7 Å². The average molecular weight is 466 g/mol. The molecule has 4 fully saturated rings. The van der Waals surface area contributed by atoms with E-state index in [4.69, 9.17) is 9.15 Å². The van der Waals surface area contributed by atoms with E-state index >= 15 is 0 Å². The Labute approximate surface area is 202 Å². The van der Waals surface area contributed by atoms with Gasteiger partial charge >= 0.3 is 11.6 Å². The molecule has 0 amide bonds. The standard InChI is InChI=1S/C29H39NO4/c1-28-13-11-20(34-27(32)25-4-3-15-30-25)16-19(28)6-7-21-23-9-8-22(18-5-10-26(31)33-17-18)29(23,2)14-12-24(21)28/h5,9-10,17,19-22,24-25,30H,3-4,6-8,11-16H2,1-2H3. The fraction of sp³-hybridized carbons (Fsp3) is 0.724. The molecule has 4 aliphatic carbocycles. The summed E-state index contributed by atoms with van der Waals surface area (Å²) in [6.07, 6.45) is 15.6. The van der Waals surface area contributed by atoms with Crippen LogP contribution in [0.3, 0.4) is 0 Å². The van der Waals surface area contributed by atoms with E-state index < -0.39 is 0 Å². The minimum atomic E-state index is -0.268. The molecule has 1 saturated heterocycles. The zero-order chi connectivity index (χ0) is 23.5. The molecule has 0 radical (unpaired) electrons. The second-order valence-electron chi connectivity index (χ2n) is 12.3. The second kappa shape index (κ2) is 8.36. The minimum absolute atomic E-state index is 0.0212. The molecule has 5 nitrogen and oxygen atoms in total. The average Bonchev–Trinajstić information content (AvgIpc) is 3.48. The highest BCUT2D eigenvalue weighted by Gasteiger charge is 2.58. The number of hydrogen-bond acceptors (Lipinski definition) is 5. The van der Waals surface area contributed by atoms with Crippen molar-refractivity contribution in [2.24, 2.45) is 28.6 Å². The predicted octanol–water partition coefficient (Wildman–Crippen LogP) is 5.35. The van der Waals surface area contributed by atoms with E-state index in [1.54, 1.807) is 17.9 Å². The molecule has 5 heteroatoms. The number of allylic oxidation sites excluding steroid dienone is 2. The van der Waals surface area contributed by atoms with Crippen LogP contribution in [0, 0.1) is 28.6 Å². The Morgan fingerprint density at radius 2 is 2.00 bits per heavy atom. The van der Waals surface area contributed by atoms with Crippen molar-refractivity contribution in [2.45, 2.75) is 96.1 Å². The van der Waals surface area contributed by atoms with E-state index in [0.717, 1.165) is 44.6 Å². The summed E-state index contributed by atoms with van der Waals surface area (Å²) in [5.41, 5.74) is 3.10. The van der Waals surface area contributed by atoms with Crippen molar-refractivity contribution >= 4 is 5.97 Å². The van der Waals surface area contributed by atoms with Crippen molar-refractivity contribution in [1.29, 1.82) is 0 Å². The van der Waals surface area contributed by atoms with E-state index in [1.807, 2.05) is 6.07 Å². The highest BCUT2D eigenvalue weighted by atomic mass is 16.5. The highest BCUT2D eigenvalue weighted by Crippen LogP contribution is 2.67. The molecule has 184 valence electrons. The Morgan fingerprint density at radius 1 is 1.12 bits per heavy atom. The van der Waals surface area contributed by atoms with Gasteiger partial charge in [0.15, 0.2) is 0 Å². The van der Waals surface area contributed by atoms with Gasteiger partial charge < -0.3 is 14.5 Å². The topological polar surface area (TPSA) is 68.5 Å². The SMILES string of the molecule is CC12CCC3C(CCC4CC(OC(=O)C5CCCN5)CCC43C)C1=CCC2c1ccc(=O)oc1. The lowest BCUT2D eigenvalue weighted by molar-refractivity contribution is -0.159. The Hall–Kier alpha value is -1.88. The first kappa shape index (κ1) is 22.6. The van der Waals surface area contributed by atoms with Crippen LogP contribution in [0.5, 0.6) is 0 Å². The second-order valence-corrected chi connectivity index (χ2v) is 12.3. The zero-order valence-corrected chi connectivity index (χ0v) is 20.7. The molecule has 5 aliphatic rings. The molecule has 8 atom stereocenters. The molecule has 2 heterocycles. The maximum Gasteiger partial charge on any atom is 0.335 e. The van der Waals surface area contributed by atoms with Gasteiger partial charge in [0.2, 0.25) is 0 Å². The summed E-state index contributed by atoms with van der Waals surface area (Å²) < 4.78 is 11.3. The zero-order valence-electron chi connectivity index (χ0n) is 20.7. The number of carbonyl (C=O) groups is 1. The lowest BCUT2D eigenvalue weighted by Crippen LogP contribution is -2.52. The van der Waals surface area contributed by atoms with Crippen LogP contribution in [0.1, 0.15) is 89.5 Å². The molecule has 34 heavy (non-hydrogen) atoms. The van der Waals surface area contributed by atoms with E-state index in [9.17, 15) is 9.59 Å². The number of rotatable bonds is 3. The molecule has 0 bridgehead atoms. The number of ether oxygens (including phenoxy) is 1. The minimum Gasteiger partial charge on any atom is -0.461 e. The van der Waals surface area contributed by atoms with Crippen LogP contribution >= 0.6 is 0 Å². The quantitative estimate of drug-likeness (QED) is 0.481. The third-order valence-corrected chi connectivity index (χ3v) is 10.8. The van der Waals surface area contributed by atoms with Gasteiger partial charge in [-0.05, 0) is 117 Å². The lowest BCUT2D eigenvalue weighted by Gasteiger charge is -2.59. The monoisotopic (exact) mass is 465 g/mol. The fourth-order valence-corrected chi connectivity index (χ4v) is 8.86. The Morgan fingerprint density at radius 3 is 2.76 bits per heavy atom. The Kier molecular flexibility index (Phi) is 5.55. The molecule has 1 aliphatic heterocycles. The van der Waals surface area contributed by atoms with Crippen LogP contribution < -0.4 is 10.9 Å². The smallest absolute Gasteiger partial charge is 0.335 e. The van der Waals surface area contributed by atoms with Crippen LogP contribution in [-0.2, 0) is 9.53 Å². The van der Waals surface area contributed by atoms with Gasteiger partial charge in [0.25, 0.3) is 0 Å². The first-order chi connectivity index (χ1) is 16.4.